The summed E-state index contributed by atoms with van der Waals surface area (Å²) in [6, 6.07) is -0.447. The maximum Gasteiger partial charge on any atom is 0.353 e. The van der Waals surface area contributed by atoms with Crippen molar-refractivity contribution in [2.45, 2.75) is 68.9 Å². The highest BCUT2D eigenvalue weighted by Crippen LogP contribution is 2.51. The van der Waals surface area contributed by atoms with E-state index in [4.69, 9.17) is 5.73 Å². The molecule has 0 bridgehead atoms. The van der Waals surface area contributed by atoms with E-state index >= 15 is 0 Å². The van der Waals surface area contributed by atoms with Gasteiger partial charge in [-0.1, -0.05) is 6.92 Å². The minimum absolute atomic E-state index is 0.00499. The van der Waals surface area contributed by atoms with Gasteiger partial charge in [0.1, 0.15) is 5.70 Å². The zero-order valence-electron chi connectivity index (χ0n) is 21.1. The molecule has 0 aromatic rings. The molecule has 12 heteroatoms. The second-order valence-electron chi connectivity index (χ2n) is 10.5. The summed E-state index contributed by atoms with van der Waals surface area (Å²) < 4.78 is 0. The van der Waals surface area contributed by atoms with Gasteiger partial charge in [-0.3, -0.25) is 14.4 Å². The van der Waals surface area contributed by atoms with E-state index in [1.807, 2.05) is 6.92 Å². The van der Waals surface area contributed by atoms with E-state index in [0.29, 0.717) is 18.0 Å². The molecule has 4 rings (SSSR count). The van der Waals surface area contributed by atoms with E-state index in [0.717, 1.165) is 25.7 Å². The molecule has 1 unspecified atom stereocenters. The highest BCUT2D eigenvalue weighted by atomic mass is 32.2. The number of aliphatic carboxylic acids is 1. The van der Waals surface area contributed by atoms with E-state index in [1.165, 1.54) is 16.7 Å². The number of nitrogens with zero attached hydrogens (tertiary/aromatic N) is 1. The van der Waals surface area contributed by atoms with Crippen LogP contribution >= 0.6 is 11.8 Å². The molecule has 0 aromatic heterocycles. The van der Waals surface area contributed by atoms with Crippen molar-refractivity contribution in [2.75, 3.05) is 26.7 Å². The van der Waals surface area contributed by atoms with Gasteiger partial charge in [-0.2, -0.15) is 0 Å². The number of nitrogens with two attached hydrogens (primary N) is 1. The smallest absolute Gasteiger partial charge is 0.353 e. The van der Waals surface area contributed by atoms with Crippen LogP contribution in [0.5, 0.6) is 0 Å². The first kappa shape index (κ1) is 26.9. The number of amides is 3. The molecule has 4 aliphatic rings. The van der Waals surface area contributed by atoms with Gasteiger partial charge in [-0.15, -0.1) is 11.8 Å². The molecular weight excluding hydrogens is 484 g/mol. The van der Waals surface area contributed by atoms with Crippen LogP contribution in [-0.4, -0.2) is 89.8 Å². The highest BCUT2D eigenvalue weighted by Gasteiger charge is 2.60. The molecule has 3 heterocycles. The first-order valence-electron chi connectivity index (χ1n) is 12.8. The van der Waals surface area contributed by atoms with Crippen molar-refractivity contribution in [1.82, 2.24) is 26.2 Å². The third-order valence-electron chi connectivity index (χ3n) is 7.90. The van der Waals surface area contributed by atoms with E-state index < -0.39 is 17.9 Å². The van der Waals surface area contributed by atoms with Crippen molar-refractivity contribution in [2.24, 2.45) is 23.5 Å². The molecule has 1 saturated carbocycles. The Bertz CT molecular complexity index is 944. The molecule has 3 fully saturated rings. The van der Waals surface area contributed by atoms with Crippen molar-refractivity contribution in [1.29, 1.82) is 0 Å². The molecule has 8 atom stereocenters. The summed E-state index contributed by atoms with van der Waals surface area (Å²) in [5.41, 5.74) is 6.00. The van der Waals surface area contributed by atoms with Crippen molar-refractivity contribution in [3.8, 4) is 0 Å². The van der Waals surface area contributed by atoms with Crippen LogP contribution in [0.4, 0.5) is 0 Å². The quantitative estimate of drug-likeness (QED) is 0.201. The number of likely N-dealkylation sites (N-methyl/N-ethyl adjacent to an activating group) is 1. The number of hydrogen-bond acceptors (Lipinski definition) is 8. The molecule has 3 amide bonds. The second kappa shape index (κ2) is 11.1. The van der Waals surface area contributed by atoms with Gasteiger partial charge in [0.2, 0.25) is 17.7 Å². The summed E-state index contributed by atoms with van der Waals surface area (Å²) >= 11 is 1.52. The minimum Gasteiger partial charge on any atom is -0.477 e. The minimum atomic E-state index is -1.10. The summed E-state index contributed by atoms with van der Waals surface area (Å²) in [6.45, 7) is 5.14. The standard InChI is InChI=1S/C24H38N6O5S/c1-11-19-18(12(2)29-17(31)10-26-3)23(33)30(19)20(24(34)35)21(11)36-16-7-15(27-9-16)8-28-22(32)13-4-5-14(25)6-13/h11-16,18-19,26-27H,4-10,25H2,1-3H3,(H,28,32)(H,29,31)(H,34,35)/t11-,12?,13+,14-,15+,16+,18-,19-/m1/s1. The Morgan fingerprint density at radius 2 is 2.03 bits per heavy atom. The van der Waals surface area contributed by atoms with E-state index in [2.05, 4.69) is 21.3 Å². The monoisotopic (exact) mass is 522 g/mol. The third-order valence-corrected chi connectivity index (χ3v) is 9.41. The lowest BCUT2D eigenvalue weighted by Gasteiger charge is -2.47. The van der Waals surface area contributed by atoms with Crippen LogP contribution in [0.1, 0.15) is 39.5 Å². The molecule has 200 valence electrons. The van der Waals surface area contributed by atoms with Crippen LogP contribution < -0.4 is 27.0 Å². The summed E-state index contributed by atoms with van der Waals surface area (Å²) in [4.78, 5) is 51.7. The average molecular weight is 523 g/mol. The number of β-lactam (4-membered cyclic amide) rings is 1. The fourth-order valence-corrected chi connectivity index (χ4v) is 7.60. The number of nitrogens with one attached hydrogen (secondary N) is 4. The van der Waals surface area contributed by atoms with Crippen LogP contribution in [0.15, 0.2) is 10.6 Å². The number of carboxylic acid groups (broad SMARTS) is 1. The number of fused-ring (bicyclic) bond motifs is 1. The van der Waals surface area contributed by atoms with Crippen molar-refractivity contribution in [3.63, 3.8) is 0 Å². The molecular formula is C24H38N6O5S. The number of hydrogen-bond donors (Lipinski definition) is 6. The van der Waals surface area contributed by atoms with Crippen LogP contribution in [-0.2, 0) is 19.2 Å². The van der Waals surface area contributed by atoms with Gasteiger partial charge in [0, 0.05) is 53.2 Å². The van der Waals surface area contributed by atoms with Crippen LogP contribution in [0.25, 0.3) is 0 Å². The zero-order valence-corrected chi connectivity index (χ0v) is 21.9. The molecule has 11 nitrogen and oxygen atoms in total. The van der Waals surface area contributed by atoms with Crippen LogP contribution in [0.2, 0.25) is 0 Å². The molecule has 2 saturated heterocycles. The van der Waals surface area contributed by atoms with Gasteiger partial charge < -0.3 is 37.0 Å². The van der Waals surface area contributed by atoms with Gasteiger partial charge in [0.25, 0.3) is 0 Å². The highest BCUT2D eigenvalue weighted by molar-refractivity contribution is 8.03. The average Bonchev–Trinajstić information content (AvgIpc) is 3.50. The Balaban J connectivity index is 1.35. The number of carboxylic acids is 1. The van der Waals surface area contributed by atoms with Crippen molar-refractivity contribution < 1.29 is 24.3 Å². The summed E-state index contributed by atoms with van der Waals surface area (Å²) in [5, 5.41) is 22.2. The fourth-order valence-electron chi connectivity index (χ4n) is 6.08. The molecule has 0 spiro atoms. The Labute approximate surface area is 215 Å². The Kier molecular flexibility index (Phi) is 8.28. The summed E-state index contributed by atoms with van der Waals surface area (Å²) in [6.07, 6.45) is 3.25. The van der Waals surface area contributed by atoms with E-state index in [1.54, 1.807) is 14.0 Å². The first-order chi connectivity index (χ1) is 17.1. The SMILES string of the molecule is CNCC(=O)NC(C)[C@H]1C(=O)N2C(C(=O)O)=C(S[C@@H]3CN[C@H](CNC(=O)[C@H]4CC[C@@H](N)C4)C3)[C@H](C)[C@H]12. The number of thioether (sulfide) groups is 1. The Hall–Kier alpha value is -2.15. The number of rotatable bonds is 10. The molecule has 7 N–H and O–H groups in total. The summed E-state index contributed by atoms with van der Waals surface area (Å²) in [5.74, 6) is -2.10. The van der Waals surface area contributed by atoms with Crippen molar-refractivity contribution in [3.05, 3.63) is 10.6 Å². The molecule has 0 aromatic carbocycles. The third kappa shape index (κ3) is 5.27. The predicted molar refractivity (Wildman–Crippen MR) is 136 cm³/mol. The van der Waals surface area contributed by atoms with Gasteiger partial charge >= 0.3 is 5.97 Å². The van der Waals surface area contributed by atoms with Gasteiger partial charge in [-0.25, -0.2) is 4.79 Å². The zero-order chi connectivity index (χ0) is 26.1. The number of carbonyl (C=O) groups excluding carboxylic acids is 3. The Morgan fingerprint density at radius 3 is 2.67 bits per heavy atom. The van der Waals surface area contributed by atoms with Crippen molar-refractivity contribution >= 4 is 35.5 Å². The lowest BCUT2D eigenvalue weighted by Crippen LogP contribution is -2.66. The fraction of sp³-hybridized carbons (Fsp3) is 0.750. The Morgan fingerprint density at radius 1 is 1.28 bits per heavy atom. The number of carbonyl (C=O) groups is 4. The lowest BCUT2D eigenvalue weighted by atomic mass is 9.78. The van der Waals surface area contributed by atoms with Crippen LogP contribution in [0, 0.1) is 17.8 Å². The lowest BCUT2D eigenvalue weighted by molar-refractivity contribution is -0.158. The molecule has 3 aliphatic heterocycles. The van der Waals surface area contributed by atoms with Gasteiger partial charge in [-0.05, 0) is 39.7 Å². The largest absolute Gasteiger partial charge is 0.477 e. The summed E-state index contributed by atoms with van der Waals surface area (Å²) in [7, 11) is 1.67. The van der Waals surface area contributed by atoms with E-state index in [9.17, 15) is 24.3 Å². The molecule has 0 radical (unpaired) electrons. The maximum absolute atomic E-state index is 13.0. The first-order valence-corrected chi connectivity index (χ1v) is 13.7. The predicted octanol–water partition coefficient (Wildman–Crippen LogP) is -0.809. The second-order valence-corrected chi connectivity index (χ2v) is 11.9. The van der Waals surface area contributed by atoms with Gasteiger partial charge in [0.15, 0.2) is 0 Å². The normalized spacial score (nSPS) is 34.4. The molecule has 36 heavy (non-hydrogen) atoms. The van der Waals surface area contributed by atoms with Gasteiger partial charge in [0.05, 0.1) is 18.5 Å². The maximum atomic E-state index is 13.0. The topological polar surface area (TPSA) is 166 Å². The van der Waals surface area contributed by atoms with Crippen LogP contribution in [0.3, 0.4) is 0 Å². The van der Waals surface area contributed by atoms with E-state index in [-0.39, 0.29) is 65.2 Å². The molecule has 1 aliphatic carbocycles.